The average Bonchev–Trinajstić information content (AvgIpc) is 3.62. The molecule has 4 aromatic rings. The SMILES string of the molecule is CN[C@@H]1CCCN(c2ccnc3c2nc(-c2ccc(C#N)c(F)c2)n3-c2ccc(N3CCCC3)cc2)C1. The fraction of sp³-hybridized carbons (Fsp3) is 0.345. The van der Waals surface area contributed by atoms with Crippen molar-refractivity contribution in [3.8, 4) is 23.1 Å². The number of halogens is 1. The number of fused-ring (bicyclic) bond motifs is 1. The number of nitrogens with one attached hydrogen (secondary N) is 1. The van der Waals surface area contributed by atoms with Crippen LogP contribution in [0.15, 0.2) is 54.7 Å². The first-order chi connectivity index (χ1) is 18.2. The molecule has 6 rings (SSSR count). The molecule has 2 aliphatic rings. The van der Waals surface area contributed by atoms with Gasteiger partial charge in [-0.2, -0.15) is 5.26 Å². The highest BCUT2D eigenvalue weighted by Gasteiger charge is 2.25. The summed E-state index contributed by atoms with van der Waals surface area (Å²) < 4.78 is 16.7. The summed E-state index contributed by atoms with van der Waals surface area (Å²) in [6, 6.07) is 17.5. The standard InChI is InChI=1S/C29H30FN7/c1-32-22-5-4-16-36(19-22)26-12-13-33-29-27(26)34-28(20-6-7-21(18-31)25(30)17-20)37(29)24-10-8-23(9-11-24)35-14-2-3-15-35/h6-13,17,22,32H,2-5,14-16,19H2,1H3/t22-/m1/s1. The van der Waals surface area contributed by atoms with E-state index in [0.717, 1.165) is 61.6 Å². The van der Waals surface area contributed by atoms with Gasteiger partial charge in [0.2, 0.25) is 0 Å². The summed E-state index contributed by atoms with van der Waals surface area (Å²) >= 11 is 0. The van der Waals surface area contributed by atoms with Gasteiger partial charge in [-0.15, -0.1) is 0 Å². The fourth-order valence-electron chi connectivity index (χ4n) is 5.62. The van der Waals surface area contributed by atoms with E-state index in [4.69, 9.17) is 9.97 Å². The lowest BCUT2D eigenvalue weighted by Crippen LogP contribution is -2.44. The predicted octanol–water partition coefficient (Wildman–Crippen LogP) is 4.89. The van der Waals surface area contributed by atoms with E-state index in [1.165, 1.54) is 30.7 Å². The van der Waals surface area contributed by atoms with E-state index < -0.39 is 5.82 Å². The highest BCUT2D eigenvalue weighted by Crippen LogP contribution is 2.34. The third-order valence-corrected chi connectivity index (χ3v) is 7.62. The van der Waals surface area contributed by atoms with Crippen molar-refractivity contribution in [3.63, 3.8) is 0 Å². The van der Waals surface area contributed by atoms with E-state index in [1.807, 2.05) is 29.9 Å². The van der Waals surface area contributed by atoms with E-state index in [-0.39, 0.29) is 5.56 Å². The van der Waals surface area contributed by atoms with Crippen LogP contribution in [0.1, 0.15) is 31.2 Å². The Morgan fingerprint density at radius 3 is 2.46 bits per heavy atom. The zero-order valence-corrected chi connectivity index (χ0v) is 21.0. The van der Waals surface area contributed by atoms with E-state index in [9.17, 15) is 9.65 Å². The van der Waals surface area contributed by atoms with Crippen LogP contribution in [-0.2, 0) is 0 Å². The van der Waals surface area contributed by atoms with Crippen LogP contribution in [-0.4, -0.2) is 53.8 Å². The lowest BCUT2D eigenvalue weighted by atomic mass is 10.1. The molecule has 2 fully saturated rings. The third kappa shape index (κ3) is 4.30. The summed E-state index contributed by atoms with van der Waals surface area (Å²) in [5, 5.41) is 12.6. The van der Waals surface area contributed by atoms with Gasteiger partial charge < -0.3 is 15.1 Å². The van der Waals surface area contributed by atoms with Crippen molar-refractivity contribution >= 4 is 22.5 Å². The minimum atomic E-state index is -0.552. The smallest absolute Gasteiger partial charge is 0.167 e. The zero-order valence-electron chi connectivity index (χ0n) is 21.0. The molecular weight excluding hydrogens is 465 g/mol. The van der Waals surface area contributed by atoms with Gasteiger partial charge in [0, 0.05) is 55.4 Å². The van der Waals surface area contributed by atoms with E-state index in [0.29, 0.717) is 17.4 Å². The number of imidazole rings is 1. The molecule has 1 atom stereocenters. The van der Waals surface area contributed by atoms with Gasteiger partial charge in [0.15, 0.2) is 5.65 Å². The van der Waals surface area contributed by atoms with Crippen LogP contribution in [0, 0.1) is 17.1 Å². The van der Waals surface area contributed by atoms with E-state index >= 15 is 0 Å². The number of hydrogen-bond donors (Lipinski definition) is 1. The lowest BCUT2D eigenvalue weighted by Gasteiger charge is -2.34. The molecule has 1 N–H and O–H groups in total. The van der Waals surface area contributed by atoms with E-state index in [1.54, 1.807) is 6.07 Å². The van der Waals surface area contributed by atoms with Gasteiger partial charge in [0.1, 0.15) is 23.2 Å². The Morgan fingerprint density at radius 1 is 0.973 bits per heavy atom. The second kappa shape index (κ2) is 9.83. The number of nitrogens with zero attached hydrogens (tertiary/aromatic N) is 6. The number of likely N-dealkylation sites (N-methyl/N-ethyl adjacent to an activating group) is 1. The summed E-state index contributed by atoms with van der Waals surface area (Å²) in [5.41, 5.74) is 5.31. The Kier molecular flexibility index (Phi) is 6.23. The Hall–Kier alpha value is -3.96. The molecule has 2 aromatic carbocycles. The van der Waals surface area contributed by atoms with Crippen molar-refractivity contribution in [1.29, 1.82) is 5.26 Å². The highest BCUT2D eigenvalue weighted by atomic mass is 19.1. The molecule has 0 radical (unpaired) electrons. The number of rotatable bonds is 5. The van der Waals surface area contributed by atoms with Crippen LogP contribution < -0.4 is 15.1 Å². The van der Waals surface area contributed by atoms with Crippen molar-refractivity contribution in [3.05, 3.63) is 66.1 Å². The molecule has 0 saturated carbocycles. The maximum atomic E-state index is 14.7. The summed E-state index contributed by atoms with van der Waals surface area (Å²) in [6.45, 7) is 4.01. The molecule has 2 saturated heterocycles. The predicted molar refractivity (Wildman–Crippen MR) is 145 cm³/mol. The lowest BCUT2D eigenvalue weighted by molar-refractivity contribution is 0.450. The van der Waals surface area contributed by atoms with Crippen LogP contribution in [0.4, 0.5) is 15.8 Å². The second-order valence-electron chi connectivity index (χ2n) is 9.86. The summed E-state index contributed by atoms with van der Waals surface area (Å²) in [5.74, 6) is 0.0542. The molecule has 0 aliphatic carbocycles. The zero-order chi connectivity index (χ0) is 25.4. The maximum Gasteiger partial charge on any atom is 0.167 e. The van der Waals surface area contributed by atoms with Crippen LogP contribution in [0.2, 0.25) is 0 Å². The molecule has 4 heterocycles. The van der Waals surface area contributed by atoms with Gasteiger partial charge in [-0.3, -0.25) is 4.57 Å². The number of piperidine rings is 1. The van der Waals surface area contributed by atoms with Crippen LogP contribution in [0.25, 0.3) is 28.2 Å². The number of aromatic nitrogens is 3. The van der Waals surface area contributed by atoms with Gasteiger partial charge >= 0.3 is 0 Å². The minimum absolute atomic E-state index is 0.0200. The van der Waals surface area contributed by atoms with Gasteiger partial charge in [-0.1, -0.05) is 0 Å². The summed E-state index contributed by atoms with van der Waals surface area (Å²) in [6.07, 6.45) is 6.52. The largest absolute Gasteiger partial charge is 0.372 e. The Balaban J connectivity index is 1.51. The minimum Gasteiger partial charge on any atom is -0.372 e. The first kappa shape index (κ1) is 23.4. The van der Waals surface area contributed by atoms with Gasteiger partial charge in [-0.05, 0) is 81.3 Å². The molecule has 188 valence electrons. The quantitative estimate of drug-likeness (QED) is 0.425. The number of nitriles is 1. The van der Waals surface area contributed by atoms with Crippen molar-refractivity contribution in [1.82, 2.24) is 19.9 Å². The first-order valence-corrected chi connectivity index (χ1v) is 13.0. The van der Waals surface area contributed by atoms with Gasteiger partial charge in [0.05, 0.1) is 11.3 Å². The van der Waals surface area contributed by atoms with Crippen molar-refractivity contribution < 1.29 is 4.39 Å². The molecule has 2 aliphatic heterocycles. The third-order valence-electron chi connectivity index (χ3n) is 7.62. The van der Waals surface area contributed by atoms with E-state index in [2.05, 4.69) is 39.4 Å². The first-order valence-electron chi connectivity index (χ1n) is 13.0. The monoisotopic (exact) mass is 495 g/mol. The number of benzene rings is 2. The topological polar surface area (TPSA) is 73.0 Å². The molecular formula is C29H30FN7. The summed E-state index contributed by atoms with van der Waals surface area (Å²) in [4.78, 5) is 14.6. The summed E-state index contributed by atoms with van der Waals surface area (Å²) in [7, 11) is 2.01. The Bertz CT molecular complexity index is 1460. The van der Waals surface area contributed by atoms with Crippen LogP contribution in [0.5, 0.6) is 0 Å². The number of hydrogen-bond acceptors (Lipinski definition) is 6. The van der Waals surface area contributed by atoms with Crippen molar-refractivity contribution in [2.45, 2.75) is 31.7 Å². The van der Waals surface area contributed by atoms with Gasteiger partial charge in [-0.25, -0.2) is 14.4 Å². The van der Waals surface area contributed by atoms with Crippen LogP contribution in [0.3, 0.4) is 0 Å². The van der Waals surface area contributed by atoms with Gasteiger partial charge in [0.25, 0.3) is 0 Å². The second-order valence-corrected chi connectivity index (χ2v) is 9.86. The molecule has 0 bridgehead atoms. The van der Waals surface area contributed by atoms with Crippen LogP contribution >= 0.6 is 0 Å². The number of pyridine rings is 1. The molecule has 8 heteroatoms. The average molecular weight is 496 g/mol. The Morgan fingerprint density at radius 2 is 1.73 bits per heavy atom. The Labute approximate surface area is 216 Å². The highest BCUT2D eigenvalue weighted by molar-refractivity contribution is 5.90. The maximum absolute atomic E-state index is 14.7. The molecule has 7 nitrogen and oxygen atoms in total. The van der Waals surface area contributed by atoms with Crippen molar-refractivity contribution in [2.24, 2.45) is 0 Å². The van der Waals surface area contributed by atoms with Crippen molar-refractivity contribution in [2.75, 3.05) is 43.0 Å². The molecule has 37 heavy (non-hydrogen) atoms. The normalized spacial score (nSPS) is 17.9. The fourth-order valence-corrected chi connectivity index (χ4v) is 5.62. The number of anilines is 2. The molecule has 0 unspecified atom stereocenters. The molecule has 2 aromatic heterocycles. The molecule has 0 spiro atoms. The molecule has 0 amide bonds.